The average Bonchev–Trinajstić information content (AvgIpc) is 3.11. The lowest BCUT2D eigenvalue weighted by Gasteiger charge is -2.35. The molecule has 1 aromatic carbocycles. The van der Waals surface area contributed by atoms with Crippen molar-refractivity contribution in [2.24, 2.45) is 0 Å². The smallest absolute Gasteiger partial charge is 0.157 e. The largest absolute Gasteiger partial charge is 0.346 e. The Morgan fingerprint density at radius 1 is 1.23 bits per heavy atom. The Morgan fingerprint density at radius 2 is 1.97 bits per heavy atom. The van der Waals surface area contributed by atoms with Crippen LogP contribution in [-0.2, 0) is 6.42 Å². The van der Waals surface area contributed by atoms with Gasteiger partial charge in [-0.05, 0) is 49.1 Å². The van der Waals surface area contributed by atoms with Crippen LogP contribution >= 0.6 is 0 Å². The summed E-state index contributed by atoms with van der Waals surface area (Å²) in [5.74, 6) is 1.10. The Labute approximate surface area is 177 Å². The van der Waals surface area contributed by atoms with Crippen LogP contribution in [0.4, 0.5) is 5.82 Å². The zero-order valence-corrected chi connectivity index (χ0v) is 17.7. The number of pyridine rings is 1. The summed E-state index contributed by atoms with van der Waals surface area (Å²) in [5, 5.41) is 19.2. The topological polar surface area (TPSA) is 72.6 Å². The Hall–Kier alpha value is -3.35. The Balaban J connectivity index is 1.91. The van der Waals surface area contributed by atoms with Gasteiger partial charge in [0.05, 0.1) is 55.4 Å². The highest BCUT2D eigenvalue weighted by atomic mass is 15.3. The van der Waals surface area contributed by atoms with E-state index in [1.165, 1.54) is 5.57 Å². The molecule has 0 atom stereocenters. The molecule has 1 aliphatic heterocycles. The second kappa shape index (κ2) is 8.18. The van der Waals surface area contributed by atoms with Crippen molar-refractivity contribution in [1.82, 2.24) is 9.38 Å². The van der Waals surface area contributed by atoms with Gasteiger partial charge >= 0.3 is 0 Å². The van der Waals surface area contributed by atoms with E-state index in [2.05, 4.69) is 41.0 Å². The van der Waals surface area contributed by atoms with Gasteiger partial charge in [-0.25, -0.2) is 4.98 Å². The van der Waals surface area contributed by atoms with Gasteiger partial charge in [0, 0.05) is 6.42 Å². The first kappa shape index (κ1) is 19.9. The van der Waals surface area contributed by atoms with Crippen LogP contribution in [0.5, 0.6) is 0 Å². The average molecular weight is 400 g/mol. The van der Waals surface area contributed by atoms with Crippen LogP contribution in [0.2, 0.25) is 0 Å². The van der Waals surface area contributed by atoms with Crippen LogP contribution in [0.15, 0.2) is 36.4 Å². The third-order valence-corrected chi connectivity index (χ3v) is 6.01. The number of piperazine rings is 1. The van der Waals surface area contributed by atoms with Crippen molar-refractivity contribution >= 4 is 22.5 Å². The first-order chi connectivity index (χ1) is 14.5. The molecule has 4 rings (SSSR count). The van der Waals surface area contributed by atoms with E-state index in [4.69, 9.17) is 4.98 Å². The number of fused-ring (bicyclic) bond motifs is 3. The highest BCUT2D eigenvalue weighted by Gasteiger charge is 2.27. The summed E-state index contributed by atoms with van der Waals surface area (Å²) < 4.78 is 2.15. The molecule has 1 aliphatic rings. The molecular weight excluding hydrogens is 372 g/mol. The molecular formula is C24H27N6+. The summed E-state index contributed by atoms with van der Waals surface area (Å²) in [6, 6.07) is 12.7. The summed E-state index contributed by atoms with van der Waals surface area (Å²) in [5.41, 5.74) is 6.46. The van der Waals surface area contributed by atoms with Crippen molar-refractivity contribution in [1.29, 1.82) is 10.5 Å². The molecule has 0 saturated carbocycles. The maximum absolute atomic E-state index is 9.92. The SMILES string of the molecule is C=C(C)C[NH+]1CCN(c2c(CCC#N)c(C)c(C#N)c3nc4ccccc4n23)CC1. The Morgan fingerprint density at radius 3 is 2.63 bits per heavy atom. The van der Waals surface area contributed by atoms with Gasteiger partial charge in [0.1, 0.15) is 11.9 Å². The molecule has 0 aliphatic carbocycles. The maximum Gasteiger partial charge on any atom is 0.157 e. The molecule has 0 radical (unpaired) electrons. The fourth-order valence-corrected chi connectivity index (χ4v) is 4.61. The van der Waals surface area contributed by atoms with E-state index >= 15 is 0 Å². The standard InChI is InChI=1S/C24H26N6/c1-17(2)16-28-11-13-29(14-12-28)24-19(7-6-10-25)18(3)20(15-26)23-27-21-8-4-5-9-22(21)30(23)24/h4-5,8-9H,1,6-7,11-14,16H2,2-3H3/p+1. The van der Waals surface area contributed by atoms with Crippen LogP contribution < -0.4 is 9.80 Å². The van der Waals surface area contributed by atoms with E-state index in [1.807, 2.05) is 25.1 Å². The molecule has 152 valence electrons. The summed E-state index contributed by atoms with van der Waals surface area (Å²) in [6.45, 7) is 13.1. The molecule has 6 nitrogen and oxygen atoms in total. The third kappa shape index (κ3) is 3.40. The van der Waals surface area contributed by atoms with Gasteiger partial charge in [0.15, 0.2) is 5.65 Å². The van der Waals surface area contributed by atoms with Gasteiger partial charge in [-0.15, -0.1) is 0 Å². The van der Waals surface area contributed by atoms with Crippen LogP contribution in [0, 0.1) is 29.6 Å². The van der Waals surface area contributed by atoms with Gasteiger partial charge < -0.3 is 9.80 Å². The number of nitriles is 2. The number of hydrogen-bond donors (Lipinski definition) is 1. The maximum atomic E-state index is 9.92. The molecule has 3 aromatic rings. The number of hydrogen-bond acceptors (Lipinski definition) is 4. The number of nitrogens with one attached hydrogen (secondary N) is 1. The Kier molecular flexibility index (Phi) is 5.44. The second-order valence-corrected chi connectivity index (χ2v) is 8.20. The molecule has 30 heavy (non-hydrogen) atoms. The number of rotatable bonds is 5. The lowest BCUT2D eigenvalue weighted by Crippen LogP contribution is -3.15. The predicted octanol–water partition coefficient (Wildman–Crippen LogP) is 2.40. The lowest BCUT2D eigenvalue weighted by molar-refractivity contribution is -0.895. The molecule has 1 fully saturated rings. The van der Waals surface area contributed by atoms with Crippen LogP contribution in [0.3, 0.4) is 0 Å². The first-order valence-corrected chi connectivity index (χ1v) is 10.5. The summed E-state index contributed by atoms with van der Waals surface area (Å²) in [6.07, 6.45) is 1.06. The number of aromatic nitrogens is 2. The Bertz CT molecular complexity index is 1200. The van der Waals surface area contributed by atoms with Crippen molar-refractivity contribution < 1.29 is 4.90 Å². The molecule has 2 aromatic heterocycles. The molecule has 0 amide bonds. The molecule has 0 bridgehead atoms. The third-order valence-electron chi connectivity index (χ3n) is 6.01. The number of benzene rings is 1. The molecule has 6 heteroatoms. The van der Waals surface area contributed by atoms with Crippen LogP contribution in [0.25, 0.3) is 16.7 Å². The van der Waals surface area contributed by atoms with Crippen molar-refractivity contribution in [3.63, 3.8) is 0 Å². The van der Waals surface area contributed by atoms with Crippen molar-refractivity contribution in [2.75, 3.05) is 37.6 Å². The van der Waals surface area contributed by atoms with Gasteiger partial charge in [-0.1, -0.05) is 18.7 Å². The van der Waals surface area contributed by atoms with E-state index in [-0.39, 0.29) is 0 Å². The van der Waals surface area contributed by atoms with Gasteiger partial charge in [-0.2, -0.15) is 10.5 Å². The predicted molar refractivity (Wildman–Crippen MR) is 119 cm³/mol. The zero-order valence-electron chi connectivity index (χ0n) is 17.7. The second-order valence-electron chi connectivity index (χ2n) is 8.20. The van der Waals surface area contributed by atoms with Crippen LogP contribution in [-0.4, -0.2) is 42.1 Å². The highest BCUT2D eigenvalue weighted by Crippen LogP contribution is 2.34. The van der Waals surface area contributed by atoms with Crippen molar-refractivity contribution in [3.8, 4) is 12.1 Å². The first-order valence-electron chi connectivity index (χ1n) is 10.5. The minimum absolute atomic E-state index is 0.428. The molecule has 0 spiro atoms. The van der Waals surface area contributed by atoms with Crippen molar-refractivity contribution in [3.05, 3.63) is 53.1 Å². The van der Waals surface area contributed by atoms with Crippen molar-refractivity contribution in [2.45, 2.75) is 26.7 Å². The fraction of sp³-hybridized carbons (Fsp3) is 0.375. The normalized spacial score (nSPS) is 14.7. The molecule has 3 heterocycles. The number of para-hydroxylation sites is 2. The summed E-state index contributed by atoms with van der Waals surface area (Å²) in [7, 11) is 0. The zero-order chi connectivity index (χ0) is 21.3. The van der Waals surface area contributed by atoms with E-state index in [0.717, 1.165) is 60.7 Å². The van der Waals surface area contributed by atoms with E-state index in [1.54, 1.807) is 4.90 Å². The summed E-state index contributed by atoms with van der Waals surface area (Å²) in [4.78, 5) is 8.78. The van der Waals surface area contributed by atoms with E-state index in [9.17, 15) is 10.5 Å². The van der Waals surface area contributed by atoms with Gasteiger partial charge in [0.2, 0.25) is 0 Å². The molecule has 1 saturated heterocycles. The fourth-order valence-electron chi connectivity index (χ4n) is 4.61. The highest BCUT2D eigenvalue weighted by molar-refractivity contribution is 5.86. The number of nitrogens with zero attached hydrogens (tertiary/aromatic N) is 5. The minimum atomic E-state index is 0.428. The van der Waals surface area contributed by atoms with E-state index < -0.39 is 0 Å². The van der Waals surface area contributed by atoms with Gasteiger partial charge in [0.25, 0.3) is 0 Å². The molecule has 0 unspecified atom stereocenters. The minimum Gasteiger partial charge on any atom is -0.346 e. The number of quaternary nitrogens is 1. The lowest BCUT2D eigenvalue weighted by atomic mass is 9.99. The number of anilines is 1. The van der Waals surface area contributed by atoms with Gasteiger partial charge in [-0.3, -0.25) is 4.40 Å². The quantitative estimate of drug-likeness (QED) is 0.669. The van der Waals surface area contributed by atoms with Crippen LogP contribution in [0.1, 0.15) is 30.0 Å². The molecule has 1 N–H and O–H groups in total. The summed E-state index contributed by atoms with van der Waals surface area (Å²) >= 11 is 0. The monoisotopic (exact) mass is 399 g/mol. The van der Waals surface area contributed by atoms with E-state index in [0.29, 0.717) is 24.1 Å². The number of imidazole rings is 1.